The van der Waals surface area contributed by atoms with E-state index in [2.05, 4.69) is 34.5 Å². The van der Waals surface area contributed by atoms with Gasteiger partial charge in [0.05, 0.1) is 49.1 Å². The SMILES string of the molecule is [C-]#[N+]C1=C(c2cnc(F)nc2)/C(=C(/C#N)[N+]#[C-])c2cc3c(c(C#N)c21)C(C#N)=C(c1cnc(F)nc1)/C3=C(\C#N)[N+]#[C-]. The van der Waals surface area contributed by atoms with Crippen LogP contribution in [0.2, 0.25) is 0 Å². The van der Waals surface area contributed by atoms with Crippen LogP contribution < -0.4 is 0 Å². The van der Waals surface area contributed by atoms with Crippen LogP contribution in [-0.2, 0) is 0 Å². The molecule has 0 aliphatic heterocycles. The Morgan fingerprint density at radius 2 is 1.17 bits per heavy atom. The van der Waals surface area contributed by atoms with Crippen molar-refractivity contribution in [3.05, 3.63) is 128 Å². The van der Waals surface area contributed by atoms with E-state index in [0.29, 0.717) is 0 Å². The van der Waals surface area contributed by atoms with Crippen LogP contribution in [0.5, 0.6) is 0 Å². The largest absolute Gasteiger partial charge is 0.308 e. The van der Waals surface area contributed by atoms with Crippen LogP contribution in [0.3, 0.4) is 0 Å². The Morgan fingerprint density at radius 3 is 1.60 bits per heavy atom. The predicted octanol–water partition coefficient (Wildman–Crippen LogP) is 4.97. The lowest BCUT2D eigenvalue weighted by atomic mass is 9.88. The molecule has 0 fully saturated rings. The summed E-state index contributed by atoms with van der Waals surface area (Å²) in [7, 11) is 0. The number of rotatable bonds is 2. The second-order valence-electron chi connectivity index (χ2n) is 8.28. The standard InChI is InChI=1S/C29H5F2N11/c1-36-19(7-34)25-15-4-16-24(18(6-33)23(15)17(5-32)21(25)13-9-39-28(30)40-10-13)27(38-3)22(26(16)20(8-35)37-2)14-11-41-29(31)42-12-14/h4,9-12H/b25-19+,26-20-. The third-order valence-electron chi connectivity index (χ3n) is 6.40. The fraction of sp³-hybridized carbons (Fsp3) is 0. The van der Waals surface area contributed by atoms with Crippen molar-refractivity contribution in [2.24, 2.45) is 0 Å². The van der Waals surface area contributed by atoms with Crippen LogP contribution >= 0.6 is 0 Å². The highest BCUT2D eigenvalue weighted by molar-refractivity contribution is 6.29. The number of benzene rings is 1. The zero-order valence-electron chi connectivity index (χ0n) is 20.6. The summed E-state index contributed by atoms with van der Waals surface area (Å²) in [5.41, 5.74) is -1.56. The number of nitriles is 4. The van der Waals surface area contributed by atoms with Crippen LogP contribution in [-0.4, -0.2) is 19.9 Å². The number of halogens is 2. The molecule has 0 saturated heterocycles. The fourth-order valence-electron chi connectivity index (χ4n) is 4.90. The Kier molecular flexibility index (Phi) is 6.29. The Balaban J connectivity index is 2.02. The van der Waals surface area contributed by atoms with Crippen molar-refractivity contribution in [2.75, 3.05) is 0 Å². The molecule has 5 rings (SSSR count). The maximum atomic E-state index is 13.6. The number of hydrogen-bond acceptors (Lipinski definition) is 8. The maximum Gasteiger partial charge on any atom is 0.308 e. The van der Waals surface area contributed by atoms with Crippen LogP contribution in [0.4, 0.5) is 8.78 Å². The van der Waals surface area contributed by atoms with E-state index in [4.69, 9.17) is 19.7 Å². The minimum Gasteiger partial charge on any atom is -0.237 e. The number of nitrogens with zero attached hydrogens (tertiary/aromatic N) is 11. The van der Waals surface area contributed by atoms with E-state index in [-0.39, 0.29) is 72.5 Å². The minimum atomic E-state index is -1.07. The summed E-state index contributed by atoms with van der Waals surface area (Å²) in [4.78, 5) is 24.2. The molecule has 1 aromatic carbocycles. The molecule has 0 N–H and O–H groups in total. The minimum absolute atomic E-state index is 0.0152. The first-order chi connectivity index (χ1) is 20.4. The highest BCUT2D eigenvalue weighted by Crippen LogP contribution is 2.56. The van der Waals surface area contributed by atoms with Gasteiger partial charge < -0.3 is 0 Å². The molecule has 42 heavy (non-hydrogen) atoms. The third-order valence-corrected chi connectivity index (χ3v) is 6.40. The normalized spacial score (nSPS) is 15.1. The molecule has 0 radical (unpaired) electrons. The van der Waals surface area contributed by atoms with Crippen molar-refractivity contribution in [3.8, 4) is 24.3 Å². The fourth-order valence-corrected chi connectivity index (χ4v) is 4.90. The first kappa shape index (κ1) is 26.2. The highest BCUT2D eigenvalue weighted by atomic mass is 19.1. The number of allylic oxidation sites excluding steroid dienone is 7. The summed E-state index contributed by atoms with van der Waals surface area (Å²) in [6.45, 7) is 23.2. The Hall–Kier alpha value is -7.37. The quantitative estimate of drug-likeness (QED) is 0.248. The molecule has 0 saturated carbocycles. The van der Waals surface area contributed by atoms with E-state index in [1.807, 2.05) is 12.1 Å². The van der Waals surface area contributed by atoms with E-state index < -0.39 is 23.6 Å². The van der Waals surface area contributed by atoms with Gasteiger partial charge in [-0.3, -0.25) is 0 Å². The lowest BCUT2D eigenvalue weighted by molar-refractivity contribution is 0.537. The van der Waals surface area contributed by atoms with Gasteiger partial charge in [0.25, 0.3) is 11.4 Å². The smallest absolute Gasteiger partial charge is 0.237 e. The van der Waals surface area contributed by atoms with E-state index in [1.165, 1.54) is 6.07 Å². The first-order valence-electron chi connectivity index (χ1n) is 11.3. The average Bonchev–Trinajstić information content (AvgIpc) is 3.51. The Morgan fingerprint density at radius 1 is 0.690 bits per heavy atom. The van der Waals surface area contributed by atoms with E-state index in [0.717, 1.165) is 24.8 Å². The molecule has 13 heteroatoms. The molecule has 2 aliphatic rings. The zero-order valence-corrected chi connectivity index (χ0v) is 20.6. The van der Waals surface area contributed by atoms with Gasteiger partial charge in [-0.25, -0.2) is 45.0 Å². The van der Waals surface area contributed by atoms with Crippen molar-refractivity contribution in [3.63, 3.8) is 0 Å². The summed E-state index contributed by atoms with van der Waals surface area (Å²) >= 11 is 0. The average molecular weight is 545 g/mol. The molecule has 0 atom stereocenters. The molecule has 0 bridgehead atoms. The van der Waals surface area contributed by atoms with Crippen molar-refractivity contribution in [2.45, 2.75) is 0 Å². The lowest BCUT2D eigenvalue weighted by Crippen LogP contribution is -1.99. The molecule has 11 nitrogen and oxygen atoms in total. The zero-order chi connectivity index (χ0) is 30.1. The van der Waals surface area contributed by atoms with Crippen molar-refractivity contribution >= 4 is 33.6 Å². The van der Waals surface area contributed by atoms with Crippen LogP contribution in [0.25, 0.3) is 48.1 Å². The second kappa shape index (κ2) is 10.1. The molecule has 2 aromatic heterocycles. The topological polar surface area (TPSA) is 160 Å². The van der Waals surface area contributed by atoms with Crippen LogP contribution in [0.15, 0.2) is 42.2 Å². The summed E-state index contributed by atoms with van der Waals surface area (Å²) in [5, 5.41) is 40.4. The van der Waals surface area contributed by atoms with E-state index in [1.54, 1.807) is 12.1 Å². The molecule has 0 unspecified atom stereocenters. The second-order valence-corrected chi connectivity index (χ2v) is 8.28. The van der Waals surface area contributed by atoms with Crippen LogP contribution in [0, 0.1) is 77.2 Å². The van der Waals surface area contributed by atoms with Gasteiger partial charge >= 0.3 is 12.2 Å². The van der Waals surface area contributed by atoms with Gasteiger partial charge in [0.2, 0.25) is 5.70 Å². The lowest BCUT2D eigenvalue weighted by Gasteiger charge is -2.13. The summed E-state index contributed by atoms with van der Waals surface area (Å²) in [5.74, 6) is 0. The van der Waals surface area contributed by atoms with Crippen molar-refractivity contribution < 1.29 is 8.78 Å². The number of fused-ring (bicyclic) bond motifs is 2. The van der Waals surface area contributed by atoms with E-state index >= 15 is 0 Å². The summed E-state index contributed by atoms with van der Waals surface area (Å²) in [6.07, 6.45) is 2.08. The predicted molar refractivity (Wildman–Crippen MR) is 139 cm³/mol. The molecule has 190 valence electrons. The molecule has 0 spiro atoms. The van der Waals surface area contributed by atoms with Gasteiger partial charge in [-0.05, 0) is 28.3 Å². The van der Waals surface area contributed by atoms with Crippen molar-refractivity contribution in [1.29, 1.82) is 21.0 Å². The highest BCUT2D eigenvalue weighted by Gasteiger charge is 2.40. The number of hydrogen-bond donors (Lipinski definition) is 0. The summed E-state index contributed by atoms with van der Waals surface area (Å²) < 4.78 is 27.1. The molecular formula is C29H5F2N11. The van der Waals surface area contributed by atoms with Gasteiger partial charge in [-0.1, -0.05) is 0 Å². The Labute approximate surface area is 235 Å². The molecule has 0 amide bonds. The van der Waals surface area contributed by atoms with Crippen LogP contribution in [0.1, 0.15) is 38.9 Å². The monoisotopic (exact) mass is 545 g/mol. The molecule has 3 aromatic rings. The molecular weight excluding hydrogens is 540 g/mol. The molecule has 2 heterocycles. The van der Waals surface area contributed by atoms with E-state index in [9.17, 15) is 29.8 Å². The molecule has 2 aliphatic carbocycles. The third kappa shape index (κ3) is 3.65. The summed E-state index contributed by atoms with van der Waals surface area (Å²) in [6, 6.07) is 8.90. The van der Waals surface area contributed by atoms with Gasteiger partial charge in [0, 0.05) is 58.2 Å². The van der Waals surface area contributed by atoms with Gasteiger partial charge in [0.1, 0.15) is 6.07 Å². The van der Waals surface area contributed by atoms with Crippen molar-refractivity contribution in [1.82, 2.24) is 19.9 Å². The van der Waals surface area contributed by atoms with Gasteiger partial charge in [0.15, 0.2) is 0 Å². The van der Waals surface area contributed by atoms with Gasteiger partial charge in [-0.2, -0.15) is 19.3 Å². The first-order valence-corrected chi connectivity index (χ1v) is 11.3. The maximum absolute atomic E-state index is 13.6. The van der Waals surface area contributed by atoms with Gasteiger partial charge in [-0.15, -0.1) is 0 Å². The number of aromatic nitrogens is 4. The Bertz CT molecular complexity index is 2020.